The highest BCUT2D eigenvalue weighted by molar-refractivity contribution is 6.30. The first kappa shape index (κ1) is 20.9. The molecule has 0 saturated heterocycles. The number of halogens is 2. The Balaban J connectivity index is 1.17. The number of carbonyl (C=O) groups is 2. The van der Waals surface area contributed by atoms with Gasteiger partial charge in [0.1, 0.15) is 29.1 Å². The van der Waals surface area contributed by atoms with Crippen LogP contribution in [0.3, 0.4) is 0 Å². The highest BCUT2D eigenvalue weighted by Crippen LogP contribution is 2.60. The van der Waals surface area contributed by atoms with Gasteiger partial charge >= 0.3 is 0 Å². The van der Waals surface area contributed by atoms with Gasteiger partial charge in [-0.15, -0.1) is 0 Å². The summed E-state index contributed by atoms with van der Waals surface area (Å²) >= 11 is 5.61. The molecule has 2 amide bonds. The molecule has 0 spiro atoms. The quantitative estimate of drug-likeness (QED) is 0.644. The molecule has 3 aliphatic rings. The second-order valence-corrected chi connectivity index (χ2v) is 8.24. The third kappa shape index (κ3) is 4.54. The number of amides is 2. The van der Waals surface area contributed by atoms with Gasteiger partial charge in [0.2, 0.25) is 0 Å². The monoisotopic (exact) mass is 444 g/mol. The van der Waals surface area contributed by atoms with E-state index in [-0.39, 0.29) is 52.6 Å². The topological polar surface area (TPSA) is 113 Å². The van der Waals surface area contributed by atoms with Gasteiger partial charge < -0.3 is 20.1 Å². The molecule has 3 aliphatic carbocycles. The average molecular weight is 445 g/mol. The summed E-state index contributed by atoms with van der Waals surface area (Å²) in [4.78, 5) is 28.2. The van der Waals surface area contributed by atoms with Crippen LogP contribution in [0, 0.1) is 17.1 Å². The Morgan fingerprint density at radius 1 is 1.06 bits per heavy atom. The largest absolute Gasteiger partial charge is 0.484 e. The SMILES string of the molecule is N#Cc1ccc(OCC(=O)NC23CC(NC(=O)COc4ccc(Cl)c(F)c4)(C2)C3)cn1. The number of hydrogen-bond donors (Lipinski definition) is 2. The van der Waals surface area contributed by atoms with E-state index in [1.807, 2.05) is 6.07 Å². The molecule has 2 bridgehead atoms. The summed E-state index contributed by atoms with van der Waals surface area (Å²) in [5.74, 6) is -0.577. The second kappa shape index (κ2) is 8.04. The molecule has 1 aromatic carbocycles. The van der Waals surface area contributed by atoms with Crippen molar-refractivity contribution < 1.29 is 23.5 Å². The molecular weight excluding hydrogens is 427 g/mol. The van der Waals surface area contributed by atoms with Gasteiger partial charge in [-0.3, -0.25) is 9.59 Å². The van der Waals surface area contributed by atoms with Gasteiger partial charge in [-0.1, -0.05) is 11.6 Å². The molecule has 1 heterocycles. The van der Waals surface area contributed by atoms with E-state index in [4.69, 9.17) is 26.3 Å². The zero-order valence-corrected chi connectivity index (χ0v) is 17.0. The molecule has 160 valence electrons. The summed E-state index contributed by atoms with van der Waals surface area (Å²) in [6.45, 7) is -0.408. The van der Waals surface area contributed by atoms with Crippen molar-refractivity contribution in [3.8, 4) is 17.6 Å². The van der Waals surface area contributed by atoms with Crippen molar-refractivity contribution in [3.05, 3.63) is 53.1 Å². The normalized spacial score (nSPS) is 22.9. The van der Waals surface area contributed by atoms with E-state index in [0.717, 1.165) is 6.07 Å². The molecular formula is C21H18ClFN4O4. The number of nitrogens with one attached hydrogen (secondary N) is 2. The van der Waals surface area contributed by atoms with Crippen LogP contribution >= 0.6 is 11.6 Å². The molecule has 0 aliphatic heterocycles. The number of rotatable bonds is 8. The van der Waals surface area contributed by atoms with Crippen molar-refractivity contribution in [3.63, 3.8) is 0 Å². The van der Waals surface area contributed by atoms with Gasteiger partial charge in [0.15, 0.2) is 13.2 Å². The van der Waals surface area contributed by atoms with Gasteiger partial charge in [0.05, 0.1) is 11.2 Å². The highest BCUT2D eigenvalue weighted by Gasteiger charge is 2.69. The van der Waals surface area contributed by atoms with Crippen LogP contribution < -0.4 is 20.1 Å². The zero-order valence-electron chi connectivity index (χ0n) is 16.3. The van der Waals surface area contributed by atoms with Crippen molar-refractivity contribution in [2.24, 2.45) is 0 Å². The third-order valence-electron chi connectivity index (χ3n) is 5.32. The number of pyridine rings is 1. The Bertz CT molecular complexity index is 1050. The fourth-order valence-corrected chi connectivity index (χ4v) is 4.23. The van der Waals surface area contributed by atoms with Gasteiger partial charge in [-0.05, 0) is 43.5 Å². The maximum Gasteiger partial charge on any atom is 0.258 e. The van der Waals surface area contributed by atoms with Crippen LogP contribution in [0.4, 0.5) is 4.39 Å². The summed E-state index contributed by atoms with van der Waals surface area (Å²) in [6.07, 6.45) is 3.28. The first-order chi connectivity index (χ1) is 14.8. The van der Waals surface area contributed by atoms with E-state index in [0.29, 0.717) is 25.0 Å². The predicted molar refractivity (Wildman–Crippen MR) is 107 cm³/mol. The van der Waals surface area contributed by atoms with Gasteiger partial charge in [0.25, 0.3) is 11.8 Å². The Kier molecular flexibility index (Phi) is 5.41. The number of nitrogens with zero attached hydrogens (tertiary/aromatic N) is 2. The minimum atomic E-state index is -0.615. The van der Waals surface area contributed by atoms with Crippen molar-refractivity contribution in [1.82, 2.24) is 15.6 Å². The summed E-state index contributed by atoms with van der Waals surface area (Å²) in [7, 11) is 0. The first-order valence-electron chi connectivity index (χ1n) is 9.49. The van der Waals surface area contributed by atoms with Crippen molar-refractivity contribution in [2.45, 2.75) is 30.3 Å². The maximum absolute atomic E-state index is 13.4. The smallest absolute Gasteiger partial charge is 0.258 e. The highest BCUT2D eigenvalue weighted by atomic mass is 35.5. The predicted octanol–water partition coefficient (Wildman–Crippen LogP) is 2.11. The Hall–Kier alpha value is -3.38. The number of benzene rings is 1. The number of ether oxygens (including phenoxy) is 2. The molecule has 2 aromatic rings. The molecule has 10 heteroatoms. The van der Waals surface area contributed by atoms with E-state index >= 15 is 0 Å². The summed E-state index contributed by atoms with van der Waals surface area (Å²) in [5, 5.41) is 14.6. The van der Waals surface area contributed by atoms with Crippen LogP contribution in [-0.4, -0.2) is 41.1 Å². The summed E-state index contributed by atoms with van der Waals surface area (Å²) in [5.41, 5.74) is -0.392. The molecule has 0 unspecified atom stereocenters. The summed E-state index contributed by atoms with van der Waals surface area (Å²) in [6, 6.07) is 8.96. The Morgan fingerprint density at radius 3 is 2.16 bits per heavy atom. The minimum absolute atomic E-state index is 0.0167. The molecule has 5 rings (SSSR count). The Labute approximate surface area is 182 Å². The lowest BCUT2D eigenvalue weighted by molar-refractivity contribution is -0.151. The molecule has 8 nitrogen and oxygen atoms in total. The maximum atomic E-state index is 13.4. The van der Waals surface area contributed by atoms with Crippen molar-refractivity contribution >= 4 is 23.4 Å². The fraction of sp³-hybridized carbons (Fsp3) is 0.333. The van der Waals surface area contributed by atoms with E-state index in [1.54, 1.807) is 6.07 Å². The van der Waals surface area contributed by atoms with Gasteiger partial charge in [-0.25, -0.2) is 9.37 Å². The number of carbonyl (C=O) groups excluding carboxylic acids is 2. The summed E-state index contributed by atoms with van der Waals surface area (Å²) < 4.78 is 24.1. The average Bonchev–Trinajstić information content (AvgIpc) is 2.71. The zero-order chi connectivity index (χ0) is 22.1. The number of aromatic nitrogens is 1. The molecule has 3 saturated carbocycles. The van der Waals surface area contributed by atoms with Crippen LogP contribution in [0.25, 0.3) is 0 Å². The molecule has 1 aromatic heterocycles. The Morgan fingerprint density at radius 2 is 1.65 bits per heavy atom. The van der Waals surface area contributed by atoms with E-state index in [9.17, 15) is 14.0 Å². The third-order valence-corrected chi connectivity index (χ3v) is 5.63. The molecule has 0 atom stereocenters. The van der Waals surface area contributed by atoms with Crippen LogP contribution in [0.1, 0.15) is 25.0 Å². The van der Waals surface area contributed by atoms with Gasteiger partial charge in [-0.2, -0.15) is 5.26 Å². The standard InChI is InChI=1S/C21H18ClFN4O4/c22-16-4-3-14(5-17(16)23)30-8-18(28)26-20-10-21(11-20,12-20)27-19(29)9-31-15-2-1-13(6-24)25-7-15/h1-5,7H,8-12H2,(H,26,28)(H,27,29). The lowest BCUT2D eigenvalue weighted by Gasteiger charge is -2.70. The van der Waals surface area contributed by atoms with Crippen LogP contribution in [0.15, 0.2) is 36.5 Å². The lowest BCUT2D eigenvalue weighted by atomic mass is 9.44. The van der Waals surface area contributed by atoms with E-state index < -0.39 is 5.82 Å². The van der Waals surface area contributed by atoms with Crippen LogP contribution in [-0.2, 0) is 9.59 Å². The van der Waals surface area contributed by atoms with Crippen molar-refractivity contribution in [1.29, 1.82) is 5.26 Å². The minimum Gasteiger partial charge on any atom is -0.484 e. The van der Waals surface area contributed by atoms with E-state index in [2.05, 4.69) is 15.6 Å². The molecule has 2 N–H and O–H groups in total. The lowest BCUT2D eigenvalue weighted by Crippen LogP contribution is -2.84. The van der Waals surface area contributed by atoms with E-state index in [1.165, 1.54) is 24.4 Å². The van der Waals surface area contributed by atoms with Crippen molar-refractivity contribution in [2.75, 3.05) is 13.2 Å². The first-order valence-corrected chi connectivity index (χ1v) is 9.87. The number of hydrogen-bond acceptors (Lipinski definition) is 6. The van der Waals surface area contributed by atoms with Crippen LogP contribution in [0.5, 0.6) is 11.5 Å². The van der Waals surface area contributed by atoms with Gasteiger partial charge in [0, 0.05) is 17.1 Å². The fourth-order valence-electron chi connectivity index (χ4n) is 4.11. The number of nitriles is 1. The molecule has 3 fully saturated rings. The van der Waals surface area contributed by atoms with Crippen LogP contribution in [0.2, 0.25) is 5.02 Å². The second-order valence-electron chi connectivity index (χ2n) is 7.83. The molecule has 31 heavy (non-hydrogen) atoms. The molecule has 0 radical (unpaired) electrons.